The zero-order chi connectivity index (χ0) is 40.0. The number of hydrogen-bond donors (Lipinski definition) is 0. The van der Waals surface area contributed by atoms with Crippen molar-refractivity contribution in [1.82, 2.24) is 4.90 Å². The standard InChI is InChI=1S/C34H39NO19/c1-14(36)45-12-23-26(54-34-30(50-19(6)41)29(49-18(5)40)27(47-16(3)38)24(53-34)13-46-15(2)37)28(48-17(4)39)25(33(52-23)51-20(7)42)35-31(43)21-10-8-9-11-22(21)32(35)44/h8-11,23-30,33-34H,12-13H2,1-7H3/t23-,24-,25-,26-,27+,28-,29+,30-,33-,34+/m1/s1. The van der Waals surface area contributed by atoms with Crippen LogP contribution in [0.4, 0.5) is 0 Å². The first kappa shape index (κ1) is 41.3. The molecule has 0 N–H and O–H groups in total. The molecule has 0 aliphatic carbocycles. The van der Waals surface area contributed by atoms with Gasteiger partial charge in [-0.15, -0.1) is 0 Å². The predicted octanol–water partition coefficient (Wildman–Crippen LogP) is -0.0977. The predicted molar refractivity (Wildman–Crippen MR) is 170 cm³/mol. The van der Waals surface area contributed by atoms with Crippen molar-refractivity contribution in [2.24, 2.45) is 0 Å². The van der Waals surface area contributed by atoms with Gasteiger partial charge in [-0.25, -0.2) is 0 Å². The van der Waals surface area contributed by atoms with Gasteiger partial charge in [-0.3, -0.25) is 48.1 Å². The van der Waals surface area contributed by atoms with Gasteiger partial charge in [-0.2, -0.15) is 0 Å². The SMILES string of the molecule is CC(=O)OC[C@H]1O[C@@H](O[C@H]2[C@H](OC(C)=O)[C@@H](N3C(=O)c4ccccc4C3=O)[C@H](OC(C)=O)O[C@@H]2COC(C)=O)[C@H](OC(C)=O)[C@@H](OC(C)=O)[C@H]1OC(C)=O. The zero-order valence-electron chi connectivity index (χ0n) is 30.2. The van der Waals surface area contributed by atoms with E-state index in [9.17, 15) is 43.2 Å². The summed E-state index contributed by atoms with van der Waals surface area (Å²) < 4.78 is 56.2. The van der Waals surface area contributed by atoms with E-state index in [1.165, 1.54) is 24.3 Å². The van der Waals surface area contributed by atoms with Gasteiger partial charge in [0.2, 0.25) is 6.29 Å². The first-order valence-corrected chi connectivity index (χ1v) is 16.5. The molecule has 0 spiro atoms. The molecule has 3 aliphatic rings. The summed E-state index contributed by atoms with van der Waals surface area (Å²) in [6, 6.07) is 3.97. The van der Waals surface area contributed by atoms with Crippen molar-refractivity contribution in [3.8, 4) is 0 Å². The summed E-state index contributed by atoms with van der Waals surface area (Å²) in [6.45, 7) is 5.84. The highest BCUT2D eigenvalue weighted by atomic mass is 16.8. The summed E-state index contributed by atoms with van der Waals surface area (Å²) in [5.74, 6) is -8.14. The van der Waals surface area contributed by atoms with Gasteiger partial charge in [-0.1, -0.05) is 12.1 Å². The Bertz CT molecular complexity index is 1640. The molecule has 2 saturated heterocycles. The van der Waals surface area contributed by atoms with Crippen LogP contribution in [0.5, 0.6) is 0 Å². The quantitative estimate of drug-likeness (QED) is 0.153. The highest BCUT2D eigenvalue weighted by Gasteiger charge is 2.60. The molecular weight excluding hydrogens is 726 g/mol. The first-order chi connectivity index (χ1) is 25.4. The monoisotopic (exact) mass is 765 g/mol. The molecule has 20 nitrogen and oxygen atoms in total. The lowest BCUT2D eigenvalue weighted by Crippen LogP contribution is -2.69. The average Bonchev–Trinajstić information content (AvgIpc) is 3.30. The second-order valence-electron chi connectivity index (χ2n) is 12.2. The third-order valence-corrected chi connectivity index (χ3v) is 8.01. The van der Waals surface area contributed by atoms with E-state index >= 15 is 0 Å². The number of ether oxygens (including phenoxy) is 10. The van der Waals surface area contributed by atoms with Crippen LogP contribution < -0.4 is 0 Å². The van der Waals surface area contributed by atoms with Crippen LogP contribution in [-0.4, -0.2) is 133 Å². The van der Waals surface area contributed by atoms with Gasteiger partial charge in [0.1, 0.15) is 37.6 Å². The third kappa shape index (κ3) is 9.74. The van der Waals surface area contributed by atoms with E-state index in [2.05, 4.69) is 0 Å². The number of carbonyl (C=O) groups excluding carboxylic acids is 9. The molecular formula is C34H39NO19. The Morgan fingerprint density at radius 3 is 1.39 bits per heavy atom. The number of rotatable bonds is 12. The Balaban J connectivity index is 1.89. The summed E-state index contributed by atoms with van der Waals surface area (Å²) in [6.07, 6.45) is -15.5. The third-order valence-electron chi connectivity index (χ3n) is 8.01. The van der Waals surface area contributed by atoms with Gasteiger partial charge >= 0.3 is 41.8 Å². The molecule has 1 aromatic carbocycles. The number of hydrogen-bond acceptors (Lipinski definition) is 19. The van der Waals surface area contributed by atoms with E-state index in [4.69, 9.17) is 47.4 Å². The molecule has 0 radical (unpaired) electrons. The summed E-state index contributed by atoms with van der Waals surface area (Å²) >= 11 is 0. The summed E-state index contributed by atoms with van der Waals surface area (Å²) in [4.78, 5) is 114. The highest BCUT2D eigenvalue weighted by Crippen LogP contribution is 2.38. The van der Waals surface area contributed by atoms with Gasteiger partial charge in [0.15, 0.2) is 30.7 Å². The zero-order valence-corrected chi connectivity index (χ0v) is 30.2. The number of imide groups is 1. The van der Waals surface area contributed by atoms with Crippen LogP contribution >= 0.6 is 0 Å². The number of amides is 2. The van der Waals surface area contributed by atoms with Crippen LogP contribution in [0, 0.1) is 0 Å². The van der Waals surface area contributed by atoms with Crippen molar-refractivity contribution in [3.63, 3.8) is 0 Å². The molecule has 294 valence electrons. The molecule has 0 bridgehead atoms. The smallest absolute Gasteiger partial charge is 0.305 e. The van der Waals surface area contributed by atoms with E-state index in [1.807, 2.05) is 0 Å². The van der Waals surface area contributed by atoms with Crippen LogP contribution in [0.1, 0.15) is 69.2 Å². The Morgan fingerprint density at radius 1 is 0.519 bits per heavy atom. The van der Waals surface area contributed by atoms with Crippen LogP contribution in [0.15, 0.2) is 24.3 Å². The van der Waals surface area contributed by atoms with Crippen LogP contribution in [0.3, 0.4) is 0 Å². The lowest BCUT2D eigenvalue weighted by Gasteiger charge is -2.49. The maximum absolute atomic E-state index is 13.8. The minimum atomic E-state index is -1.91. The van der Waals surface area contributed by atoms with Crippen molar-refractivity contribution in [2.75, 3.05) is 13.2 Å². The van der Waals surface area contributed by atoms with Crippen molar-refractivity contribution in [3.05, 3.63) is 35.4 Å². The van der Waals surface area contributed by atoms with Gasteiger partial charge in [0.05, 0.1) is 11.1 Å². The van der Waals surface area contributed by atoms with Gasteiger partial charge in [0, 0.05) is 48.5 Å². The normalized spacial score (nSPS) is 28.9. The van der Waals surface area contributed by atoms with E-state index in [-0.39, 0.29) is 11.1 Å². The minimum absolute atomic E-state index is 0.0373. The first-order valence-electron chi connectivity index (χ1n) is 16.5. The fourth-order valence-corrected chi connectivity index (χ4v) is 6.18. The molecule has 4 rings (SSSR count). The number of benzene rings is 1. The number of esters is 7. The topological polar surface area (TPSA) is 249 Å². The molecule has 20 heteroatoms. The highest BCUT2D eigenvalue weighted by molar-refractivity contribution is 6.21. The number of fused-ring (bicyclic) bond motifs is 1. The molecule has 0 saturated carbocycles. The Kier molecular flexibility index (Phi) is 13.4. The summed E-state index contributed by atoms with van der Waals surface area (Å²) in [5, 5.41) is 0. The molecule has 0 unspecified atom stereocenters. The van der Waals surface area contributed by atoms with Crippen LogP contribution in [0.25, 0.3) is 0 Å². The molecule has 10 atom stereocenters. The molecule has 0 aromatic heterocycles. The summed E-state index contributed by atoms with van der Waals surface area (Å²) in [5.41, 5.74) is -0.0746. The average molecular weight is 766 g/mol. The van der Waals surface area contributed by atoms with E-state index in [0.717, 1.165) is 48.5 Å². The molecule has 3 aliphatic heterocycles. The van der Waals surface area contributed by atoms with E-state index in [1.54, 1.807) is 0 Å². The second-order valence-corrected chi connectivity index (χ2v) is 12.2. The molecule has 3 heterocycles. The lowest BCUT2D eigenvalue weighted by atomic mass is 9.93. The largest absolute Gasteiger partial charge is 0.463 e. The van der Waals surface area contributed by atoms with Gasteiger partial charge < -0.3 is 47.4 Å². The fourth-order valence-electron chi connectivity index (χ4n) is 6.18. The number of carbonyl (C=O) groups is 9. The Morgan fingerprint density at radius 2 is 0.926 bits per heavy atom. The van der Waals surface area contributed by atoms with Crippen molar-refractivity contribution < 1.29 is 90.5 Å². The van der Waals surface area contributed by atoms with Crippen LogP contribution in [0.2, 0.25) is 0 Å². The fraction of sp³-hybridized carbons (Fsp3) is 0.559. The second kappa shape index (κ2) is 17.6. The van der Waals surface area contributed by atoms with Gasteiger partial charge in [0.25, 0.3) is 11.8 Å². The van der Waals surface area contributed by atoms with E-state index < -0.39 is 128 Å². The lowest BCUT2D eigenvalue weighted by molar-refractivity contribution is -0.350. The molecule has 54 heavy (non-hydrogen) atoms. The summed E-state index contributed by atoms with van der Waals surface area (Å²) in [7, 11) is 0. The maximum Gasteiger partial charge on any atom is 0.305 e. The molecule has 1 aromatic rings. The van der Waals surface area contributed by atoms with Crippen molar-refractivity contribution in [1.29, 1.82) is 0 Å². The Hall–Kier alpha value is -5.47. The Labute approximate surface area is 307 Å². The van der Waals surface area contributed by atoms with Gasteiger partial charge in [-0.05, 0) is 12.1 Å². The van der Waals surface area contributed by atoms with Crippen molar-refractivity contribution in [2.45, 2.75) is 110 Å². The van der Waals surface area contributed by atoms with Crippen LogP contribution in [-0.2, 0) is 80.9 Å². The molecule has 2 fully saturated rings. The van der Waals surface area contributed by atoms with E-state index in [0.29, 0.717) is 4.90 Å². The maximum atomic E-state index is 13.8. The molecule has 2 amide bonds. The minimum Gasteiger partial charge on any atom is -0.463 e. The van der Waals surface area contributed by atoms with Crippen molar-refractivity contribution >= 4 is 53.6 Å². The number of nitrogens with zero attached hydrogens (tertiary/aromatic N) is 1.